The van der Waals surface area contributed by atoms with Crippen molar-refractivity contribution in [1.29, 1.82) is 0 Å². The van der Waals surface area contributed by atoms with Gasteiger partial charge in [0, 0.05) is 19.6 Å². The third-order valence-corrected chi connectivity index (χ3v) is 7.52. The van der Waals surface area contributed by atoms with Crippen LogP contribution in [-0.2, 0) is 41.2 Å². The number of morpholine rings is 1. The zero-order valence-electron chi connectivity index (χ0n) is 24.1. The molecule has 5 N–H and O–H groups in total. The predicted octanol–water partition coefficient (Wildman–Crippen LogP) is 1.14. The average molecular weight is 630 g/mol. The predicted molar refractivity (Wildman–Crippen MR) is 147 cm³/mol. The summed E-state index contributed by atoms with van der Waals surface area (Å²) in [6.07, 6.45) is -5.33. The number of hydroxylamine groups is 1. The summed E-state index contributed by atoms with van der Waals surface area (Å²) < 4.78 is 51.8. The van der Waals surface area contributed by atoms with Crippen LogP contribution in [-0.4, -0.2) is 91.9 Å². The molecule has 2 aliphatic rings. The lowest BCUT2D eigenvalue weighted by atomic mass is 9.81. The van der Waals surface area contributed by atoms with Gasteiger partial charge in [-0.25, -0.2) is 10.3 Å². The molecule has 16 heteroatoms. The topological polar surface area (TPSA) is 175 Å². The molecule has 2 aliphatic heterocycles. The number of hydrogen-bond donors (Lipinski definition) is 5. The third kappa shape index (κ3) is 10.4. The molecular weight excluding hydrogens is 591 g/mol. The molecule has 0 saturated carbocycles. The number of halogens is 3. The molecule has 3 rings (SSSR count). The smallest absolute Gasteiger partial charge is 0.416 e. The van der Waals surface area contributed by atoms with Crippen molar-refractivity contribution >= 4 is 29.7 Å². The number of carbonyl (C=O) groups is 5. The number of cyclic esters (lactones) is 1. The molecule has 2 fully saturated rings. The van der Waals surface area contributed by atoms with Gasteiger partial charge in [0.05, 0.1) is 43.8 Å². The van der Waals surface area contributed by atoms with Gasteiger partial charge in [0.15, 0.2) is 0 Å². The number of alkyl carbamates (subject to hydrolysis) is 1. The normalized spacial score (nSPS) is 22.7. The van der Waals surface area contributed by atoms with Crippen molar-refractivity contribution < 1.29 is 51.8 Å². The molecule has 0 radical (unpaired) electrons. The maximum atomic E-state index is 13.8. The number of rotatable bonds is 6. The van der Waals surface area contributed by atoms with E-state index in [-0.39, 0.29) is 50.4 Å². The highest BCUT2D eigenvalue weighted by atomic mass is 19.4. The van der Waals surface area contributed by atoms with Crippen molar-refractivity contribution in [3.8, 4) is 0 Å². The zero-order valence-corrected chi connectivity index (χ0v) is 24.1. The molecule has 0 aromatic heterocycles. The molecular formula is C28H38F3N5O8. The van der Waals surface area contributed by atoms with Crippen LogP contribution in [0.5, 0.6) is 0 Å². The minimum atomic E-state index is -4.75. The minimum Gasteiger partial charge on any atom is -0.450 e. The maximum absolute atomic E-state index is 13.8. The Bertz CT molecular complexity index is 1160. The van der Waals surface area contributed by atoms with Gasteiger partial charge in [-0.15, -0.1) is 0 Å². The van der Waals surface area contributed by atoms with E-state index >= 15 is 0 Å². The Balaban J connectivity index is 1.89. The Morgan fingerprint density at radius 3 is 2.43 bits per heavy atom. The van der Waals surface area contributed by atoms with E-state index in [9.17, 15) is 42.4 Å². The van der Waals surface area contributed by atoms with Gasteiger partial charge >= 0.3 is 12.3 Å². The number of nitrogens with one attached hydrogen (secondary N) is 4. The monoisotopic (exact) mass is 629 g/mol. The van der Waals surface area contributed by atoms with Crippen molar-refractivity contribution in [2.24, 2.45) is 11.8 Å². The summed E-state index contributed by atoms with van der Waals surface area (Å²) in [4.78, 5) is 65.9. The molecule has 1 aromatic carbocycles. The van der Waals surface area contributed by atoms with Gasteiger partial charge in [-0.2, -0.15) is 13.2 Å². The van der Waals surface area contributed by atoms with E-state index in [2.05, 4.69) is 16.0 Å². The molecule has 0 aliphatic carbocycles. The van der Waals surface area contributed by atoms with Gasteiger partial charge in [-0.1, -0.05) is 18.2 Å². The molecule has 0 bridgehead atoms. The van der Waals surface area contributed by atoms with E-state index in [0.29, 0.717) is 39.1 Å². The second-order valence-corrected chi connectivity index (χ2v) is 10.5. The molecule has 44 heavy (non-hydrogen) atoms. The molecule has 3 atom stereocenters. The summed E-state index contributed by atoms with van der Waals surface area (Å²) in [5.74, 6) is -5.79. The Morgan fingerprint density at radius 2 is 1.73 bits per heavy atom. The lowest BCUT2D eigenvalue weighted by Crippen LogP contribution is -2.53. The van der Waals surface area contributed by atoms with Crippen LogP contribution in [0.3, 0.4) is 0 Å². The minimum absolute atomic E-state index is 0.0454. The first-order chi connectivity index (χ1) is 21.0. The van der Waals surface area contributed by atoms with E-state index in [4.69, 9.17) is 9.47 Å². The first-order valence-electron chi connectivity index (χ1n) is 14.4. The highest BCUT2D eigenvalue weighted by Gasteiger charge is 2.39. The summed E-state index contributed by atoms with van der Waals surface area (Å²) in [7, 11) is 0. The summed E-state index contributed by atoms with van der Waals surface area (Å²) in [5.41, 5.74) is 0.216. The second-order valence-electron chi connectivity index (χ2n) is 10.5. The van der Waals surface area contributed by atoms with E-state index in [1.54, 1.807) is 0 Å². The van der Waals surface area contributed by atoms with Crippen LogP contribution in [0, 0.1) is 11.8 Å². The molecule has 13 nitrogen and oxygen atoms in total. The summed E-state index contributed by atoms with van der Waals surface area (Å²) in [5, 5.41) is 17.1. The fourth-order valence-electron chi connectivity index (χ4n) is 5.17. The van der Waals surface area contributed by atoms with E-state index in [1.807, 2.05) is 0 Å². The zero-order chi connectivity index (χ0) is 32.1. The fourth-order valence-corrected chi connectivity index (χ4v) is 5.17. The van der Waals surface area contributed by atoms with Gasteiger partial charge in [0.2, 0.25) is 23.6 Å². The number of carbonyl (C=O) groups excluding carboxylic acids is 5. The van der Waals surface area contributed by atoms with Crippen LogP contribution in [0.15, 0.2) is 24.3 Å². The van der Waals surface area contributed by atoms with E-state index in [0.717, 1.165) is 6.07 Å². The Morgan fingerprint density at radius 1 is 1.00 bits per heavy atom. The quantitative estimate of drug-likeness (QED) is 0.230. The first kappa shape index (κ1) is 34.6. The molecule has 5 amide bonds. The highest BCUT2D eigenvalue weighted by Crippen LogP contribution is 2.34. The van der Waals surface area contributed by atoms with Gasteiger partial charge in [0.25, 0.3) is 0 Å². The van der Waals surface area contributed by atoms with Crippen LogP contribution < -0.4 is 21.4 Å². The molecule has 244 valence electrons. The number of nitrogens with zero attached hydrogens (tertiary/aromatic N) is 1. The van der Waals surface area contributed by atoms with Crippen LogP contribution in [0.1, 0.15) is 43.2 Å². The van der Waals surface area contributed by atoms with E-state index < -0.39 is 59.9 Å². The highest BCUT2D eigenvalue weighted by molar-refractivity contribution is 5.93. The first-order valence-corrected chi connectivity index (χ1v) is 14.4. The molecule has 1 aromatic rings. The number of alkyl halides is 3. The van der Waals surface area contributed by atoms with Crippen molar-refractivity contribution in [3.63, 3.8) is 0 Å². The van der Waals surface area contributed by atoms with Gasteiger partial charge in [-0.3, -0.25) is 24.4 Å². The SMILES string of the molecule is O=C1NCCCC[C@@H](C(=O)NCC(=O)N2CCOCC2)NC(=O)[C@H](Cc2ccccc2C(F)(F)F)C(C(=O)NO)CCCO1. The second kappa shape index (κ2) is 16.8. The third-order valence-electron chi connectivity index (χ3n) is 7.52. The lowest BCUT2D eigenvalue weighted by molar-refractivity contribution is -0.142. The number of amides is 5. The Labute approximate surface area is 252 Å². The molecule has 2 heterocycles. The summed E-state index contributed by atoms with van der Waals surface area (Å²) in [6, 6.07) is 3.39. The van der Waals surface area contributed by atoms with Gasteiger partial charge in [-0.05, 0) is 50.2 Å². The lowest BCUT2D eigenvalue weighted by Gasteiger charge is -2.29. The van der Waals surface area contributed by atoms with Gasteiger partial charge in [0.1, 0.15) is 6.04 Å². The molecule has 1 unspecified atom stereocenters. The van der Waals surface area contributed by atoms with Crippen molar-refractivity contribution in [2.45, 2.75) is 50.7 Å². The standard InChI is InChI=1S/C28H38F3N5O8/c29-28(30,31)21-8-2-1-6-18(21)16-20-19(25(39)35-42)7-5-13-44-27(41)32-10-4-3-9-22(34-24(20)38)26(40)33-17-23(37)36-11-14-43-15-12-36/h1-2,6,8,19-20,22,42H,3-5,7,9-17H2,(H,32,41)(H,33,40)(H,34,38)(H,35,39)/t19?,20-,22+/m1/s1. The van der Waals surface area contributed by atoms with Crippen LogP contribution in [0.2, 0.25) is 0 Å². The Kier molecular flexibility index (Phi) is 13.2. The summed E-state index contributed by atoms with van der Waals surface area (Å²) in [6.45, 7) is 1.15. The van der Waals surface area contributed by atoms with Crippen LogP contribution in [0.25, 0.3) is 0 Å². The molecule has 2 saturated heterocycles. The summed E-state index contributed by atoms with van der Waals surface area (Å²) >= 11 is 0. The maximum Gasteiger partial charge on any atom is 0.416 e. The molecule has 0 spiro atoms. The average Bonchev–Trinajstić information content (AvgIpc) is 3.01. The largest absolute Gasteiger partial charge is 0.450 e. The van der Waals surface area contributed by atoms with Gasteiger partial charge < -0.3 is 30.3 Å². The number of ether oxygens (including phenoxy) is 2. The van der Waals surface area contributed by atoms with Crippen molar-refractivity contribution in [1.82, 2.24) is 26.3 Å². The van der Waals surface area contributed by atoms with Crippen molar-refractivity contribution in [2.75, 3.05) is 46.0 Å². The fraction of sp³-hybridized carbons (Fsp3) is 0.607. The number of benzene rings is 1. The van der Waals surface area contributed by atoms with Crippen LogP contribution >= 0.6 is 0 Å². The van der Waals surface area contributed by atoms with E-state index in [1.165, 1.54) is 28.6 Å². The number of hydrogen-bond acceptors (Lipinski definition) is 8. The van der Waals surface area contributed by atoms with Crippen LogP contribution in [0.4, 0.5) is 18.0 Å². The Hall–Kier alpha value is -3.92. The van der Waals surface area contributed by atoms with Crippen molar-refractivity contribution in [3.05, 3.63) is 35.4 Å².